The molecule has 146 valence electrons. The van der Waals surface area contributed by atoms with E-state index in [0.717, 1.165) is 55.7 Å². The molecule has 1 aromatic heterocycles. The third-order valence-electron chi connectivity index (χ3n) is 5.30. The molecule has 1 aliphatic heterocycles. The van der Waals surface area contributed by atoms with Crippen molar-refractivity contribution in [1.82, 2.24) is 25.4 Å². The second-order valence-corrected chi connectivity index (χ2v) is 7.51. The maximum absolute atomic E-state index is 6.13. The molecular weight excluding hydrogens is 475 g/mol. The predicted octanol–water partition coefficient (Wildman–Crippen LogP) is 3.78. The molecule has 1 aliphatic carbocycles. The van der Waals surface area contributed by atoms with Crippen molar-refractivity contribution in [1.29, 1.82) is 0 Å². The van der Waals surface area contributed by atoms with Gasteiger partial charge in [-0.05, 0) is 43.9 Å². The van der Waals surface area contributed by atoms with E-state index in [1.165, 1.54) is 5.56 Å². The van der Waals surface area contributed by atoms with Crippen LogP contribution in [0.5, 0.6) is 0 Å². The van der Waals surface area contributed by atoms with Gasteiger partial charge >= 0.3 is 0 Å². The number of halogens is 2. The first-order valence-corrected chi connectivity index (χ1v) is 9.79. The van der Waals surface area contributed by atoms with Crippen LogP contribution in [0.3, 0.4) is 0 Å². The molecule has 2 atom stereocenters. The van der Waals surface area contributed by atoms with E-state index < -0.39 is 0 Å². The summed E-state index contributed by atoms with van der Waals surface area (Å²) in [6.07, 6.45) is 4.87. The third-order valence-corrected chi connectivity index (χ3v) is 5.54. The van der Waals surface area contributed by atoms with Crippen LogP contribution in [0.4, 0.5) is 0 Å². The Morgan fingerprint density at radius 1 is 1.37 bits per heavy atom. The van der Waals surface area contributed by atoms with Crippen LogP contribution in [-0.4, -0.2) is 51.7 Å². The molecule has 2 fully saturated rings. The average molecular weight is 501 g/mol. The van der Waals surface area contributed by atoms with Crippen LogP contribution in [0, 0.1) is 0 Å². The topological polar surface area (TPSA) is 69.2 Å². The van der Waals surface area contributed by atoms with Crippen LogP contribution in [0.2, 0.25) is 5.02 Å². The van der Waals surface area contributed by atoms with Gasteiger partial charge in [0.1, 0.15) is 12.2 Å². The van der Waals surface area contributed by atoms with Crippen LogP contribution in [0.15, 0.2) is 35.6 Å². The van der Waals surface area contributed by atoms with E-state index in [9.17, 15) is 0 Å². The Morgan fingerprint density at radius 3 is 2.85 bits per heavy atom. The van der Waals surface area contributed by atoms with Crippen molar-refractivity contribution in [2.24, 2.45) is 4.99 Å². The number of nitrogens with zero attached hydrogens (tertiary/aromatic N) is 4. The SMILES string of the molecule is CCN=C(NC1CC1c1cccc(Cl)c1)N1CCC(c2ncn[nH]2)CC1.I. The van der Waals surface area contributed by atoms with Gasteiger partial charge in [0, 0.05) is 42.5 Å². The number of likely N-dealkylation sites (tertiary alicyclic amines) is 1. The summed E-state index contributed by atoms with van der Waals surface area (Å²) in [5.74, 6) is 3.05. The lowest BCUT2D eigenvalue weighted by Crippen LogP contribution is -2.46. The van der Waals surface area contributed by atoms with Crippen LogP contribution in [0.1, 0.15) is 49.4 Å². The van der Waals surface area contributed by atoms with Crippen LogP contribution >= 0.6 is 35.6 Å². The summed E-state index contributed by atoms with van der Waals surface area (Å²) in [7, 11) is 0. The van der Waals surface area contributed by atoms with E-state index in [4.69, 9.17) is 16.6 Å². The highest BCUT2D eigenvalue weighted by Crippen LogP contribution is 2.41. The highest BCUT2D eigenvalue weighted by Gasteiger charge is 2.40. The number of rotatable bonds is 4. The molecule has 0 spiro atoms. The number of nitrogens with one attached hydrogen (secondary N) is 2. The Morgan fingerprint density at radius 2 is 2.19 bits per heavy atom. The van der Waals surface area contributed by atoms with Gasteiger partial charge in [0.15, 0.2) is 5.96 Å². The minimum Gasteiger partial charge on any atom is -0.353 e. The molecule has 2 N–H and O–H groups in total. The number of hydrogen-bond donors (Lipinski definition) is 2. The summed E-state index contributed by atoms with van der Waals surface area (Å²) in [6.45, 7) is 4.86. The number of piperidine rings is 1. The Hall–Kier alpha value is -1.35. The molecule has 27 heavy (non-hydrogen) atoms. The van der Waals surface area contributed by atoms with E-state index in [2.05, 4.69) is 44.5 Å². The van der Waals surface area contributed by atoms with Crippen LogP contribution in [0.25, 0.3) is 0 Å². The monoisotopic (exact) mass is 500 g/mol. The lowest BCUT2D eigenvalue weighted by atomic mass is 9.96. The fourth-order valence-electron chi connectivity index (χ4n) is 3.79. The number of benzene rings is 1. The zero-order valence-corrected chi connectivity index (χ0v) is 18.5. The minimum atomic E-state index is 0. The van der Waals surface area contributed by atoms with Crippen molar-refractivity contribution < 1.29 is 0 Å². The van der Waals surface area contributed by atoms with E-state index in [-0.39, 0.29) is 24.0 Å². The average Bonchev–Trinajstić information content (AvgIpc) is 3.21. The van der Waals surface area contributed by atoms with Gasteiger partial charge in [-0.15, -0.1) is 24.0 Å². The van der Waals surface area contributed by atoms with Gasteiger partial charge in [0.05, 0.1) is 0 Å². The number of aromatic nitrogens is 3. The molecule has 2 aliphatic rings. The lowest BCUT2D eigenvalue weighted by Gasteiger charge is -2.33. The van der Waals surface area contributed by atoms with Crippen molar-refractivity contribution in [3.8, 4) is 0 Å². The molecule has 0 bridgehead atoms. The van der Waals surface area contributed by atoms with Gasteiger partial charge < -0.3 is 10.2 Å². The molecule has 0 amide bonds. The number of hydrogen-bond acceptors (Lipinski definition) is 3. The Balaban J connectivity index is 0.00000210. The highest BCUT2D eigenvalue weighted by atomic mass is 127. The first-order valence-electron chi connectivity index (χ1n) is 9.41. The highest BCUT2D eigenvalue weighted by molar-refractivity contribution is 14.0. The number of guanidine groups is 1. The summed E-state index contributed by atoms with van der Waals surface area (Å²) in [5.41, 5.74) is 1.31. The Kier molecular flexibility index (Phi) is 6.97. The Bertz CT molecular complexity index is 757. The molecular formula is C19H26ClIN6. The first kappa shape index (κ1) is 20.4. The minimum absolute atomic E-state index is 0. The molecule has 2 heterocycles. The lowest BCUT2D eigenvalue weighted by molar-refractivity contribution is 0.298. The predicted molar refractivity (Wildman–Crippen MR) is 119 cm³/mol. The summed E-state index contributed by atoms with van der Waals surface area (Å²) < 4.78 is 0. The maximum atomic E-state index is 6.13. The van der Waals surface area contributed by atoms with Gasteiger partial charge in [0.2, 0.25) is 0 Å². The smallest absolute Gasteiger partial charge is 0.194 e. The maximum Gasteiger partial charge on any atom is 0.194 e. The summed E-state index contributed by atoms with van der Waals surface area (Å²) in [4.78, 5) is 11.4. The molecule has 8 heteroatoms. The summed E-state index contributed by atoms with van der Waals surface area (Å²) in [6, 6.07) is 8.65. The molecule has 1 saturated carbocycles. The van der Waals surface area contributed by atoms with Crippen molar-refractivity contribution in [3.63, 3.8) is 0 Å². The van der Waals surface area contributed by atoms with E-state index >= 15 is 0 Å². The Labute approximate surface area is 182 Å². The second-order valence-electron chi connectivity index (χ2n) is 7.08. The van der Waals surface area contributed by atoms with Gasteiger partial charge in [-0.2, -0.15) is 5.10 Å². The van der Waals surface area contributed by atoms with Crippen molar-refractivity contribution in [3.05, 3.63) is 47.0 Å². The van der Waals surface area contributed by atoms with Gasteiger partial charge in [0.25, 0.3) is 0 Å². The molecule has 1 saturated heterocycles. The quantitative estimate of drug-likeness (QED) is 0.381. The molecule has 2 aromatic rings. The van der Waals surface area contributed by atoms with Crippen LogP contribution in [-0.2, 0) is 0 Å². The molecule has 0 radical (unpaired) electrons. The first-order chi connectivity index (χ1) is 12.7. The van der Waals surface area contributed by atoms with Gasteiger partial charge in [-0.25, -0.2) is 4.98 Å². The van der Waals surface area contributed by atoms with E-state index in [0.29, 0.717) is 17.9 Å². The standard InChI is InChI=1S/C19H25ClN6.HI/c1-2-21-19(24-17-11-16(17)14-4-3-5-15(20)10-14)26-8-6-13(7-9-26)18-22-12-23-25-18;/h3-5,10,12-13,16-17H,2,6-9,11H2,1H3,(H,21,24)(H,22,23,25);1H. The molecule has 2 unspecified atom stereocenters. The number of aliphatic imine (C=N–C) groups is 1. The normalized spacial score (nSPS) is 23.0. The van der Waals surface area contributed by atoms with Gasteiger partial charge in [-0.1, -0.05) is 23.7 Å². The van der Waals surface area contributed by atoms with Crippen molar-refractivity contribution >= 4 is 41.5 Å². The summed E-state index contributed by atoms with van der Waals surface area (Å²) >= 11 is 6.13. The summed E-state index contributed by atoms with van der Waals surface area (Å²) in [5, 5.41) is 11.5. The van der Waals surface area contributed by atoms with Gasteiger partial charge in [-0.3, -0.25) is 10.1 Å². The van der Waals surface area contributed by atoms with Crippen LogP contribution < -0.4 is 5.32 Å². The molecule has 6 nitrogen and oxygen atoms in total. The largest absolute Gasteiger partial charge is 0.353 e. The van der Waals surface area contributed by atoms with E-state index in [1.807, 2.05) is 12.1 Å². The van der Waals surface area contributed by atoms with Crippen molar-refractivity contribution in [2.75, 3.05) is 19.6 Å². The molecule has 4 rings (SSSR count). The fourth-order valence-corrected chi connectivity index (χ4v) is 3.99. The number of aromatic amines is 1. The molecule has 1 aromatic carbocycles. The second kappa shape index (κ2) is 9.23. The third kappa shape index (κ3) is 4.93. The zero-order valence-electron chi connectivity index (χ0n) is 15.4. The van der Waals surface area contributed by atoms with Crippen molar-refractivity contribution in [2.45, 2.75) is 44.1 Å². The zero-order chi connectivity index (χ0) is 17.9. The van der Waals surface area contributed by atoms with E-state index in [1.54, 1.807) is 6.33 Å². The number of H-pyrrole nitrogens is 1. The fraction of sp³-hybridized carbons (Fsp3) is 0.526.